The largest absolute Gasteiger partial charge is 0.465 e. The van der Waals surface area contributed by atoms with Gasteiger partial charge in [-0.05, 0) is 48.6 Å². The number of aromatic nitrogens is 2. The lowest BCUT2D eigenvalue weighted by Gasteiger charge is -2.38. The molecule has 2 heterocycles. The number of nitrogens with zero attached hydrogens (tertiary/aromatic N) is 3. The quantitative estimate of drug-likeness (QED) is 0.223. The molecule has 3 aromatic carbocycles. The predicted molar refractivity (Wildman–Crippen MR) is 134 cm³/mol. The van der Waals surface area contributed by atoms with Crippen LogP contribution in [0.25, 0.3) is 11.0 Å². The Labute approximate surface area is 202 Å². The SMILES string of the molecule is CCOC(=O)[C@@H]1C(=O)N(Cc2ccccc2)c2nc3ccccc3n2[C@@H]1c1ccc(SC)cc1. The van der Waals surface area contributed by atoms with E-state index in [1.165, 1.54) is 0 Å². The van der Waals surface area contributed by atoms with Crippen molar-refractivity contribution in [2.75, 3.05) is 17.8 Å². The topological polar surface area (TPSA) is 64.4 Å². The highest BCUT2D eigenvalue weighted by atomic mass is 32.2. The maximum Gasteiger partial charge on any atom is 0.321 e. The molecule has 0 N–H and O–H groups in total. The number of hydrogen-bond acceptors (Lipinski definition) is 5. The van der Waals surface area contributed by atoms with Gasteiger partial charge in [0.25, 0.3) is 0 Å². The summed E-state index contributed by atoms with van der Waals surface area (Å²) >= 11 is 1.65. The molecule has 6 nitrogen and oxygen atoms in total. The van der Waals surface area contributed by atoms with Crippen molar-refractivity contribution >= 4 is 40.6 Å². The molecule has 0 fully saturated rings. The van der Waals surface area contributed by atoms with Crippen molar-refractivity contribution in [1.29, 1.82) is 0 Å². The number of carbonyl (C=O) groups excluding carboxylic acids is 2. The number of carbonyl (C=O) groups is 2. The Morgan fingerprint density at radius 3 is 2.41 bits per heavy atom. The van der Waals surface area contributed by atoms with Crippen LogP contribution in [0.3, 0.4) is 0 Å². The highest BCUT2D eigenvalue weighted by Crippen LogP contribution is 2.42. The van der Waals surface area contributed by atoms with Crippen LogP contribution >= 0.6 is 11.8 Å². The van der Waals surface area contributed by atoms with E-state index in [2.05, 4.69) is 0 Å². The third-order valence-electron chi connectivity index (χ3n) is 6.13. The molecule has 0 saturated heterocycles. The van der Waals surface area contributed by atoms with Gasteiger partial charge in [-0.3, -0.25) is 14.5 Å². The first-order valence-corrected chi connectivity index (χ1v) is 12.5. The zero-order valence-electron chi connectivity index (χ0n) is 19.0. The summed E-state index contributed by atoms with van der Waals surface area (Å²) in [7, 11) is 0. The first-order chi connectivity index (χ1) is 16.6. The molecule has 34 heavy (non-hydrogen) atoms. The van der Waals surface area contributed by atoms with E-state index in [9.17, 15) is 9.59 Å². The van der Waals surface area contributed by atoms with Crippen molar-refractivity contribution in [2.45, 2.75) is 24.4 Å². The van der Waals surface area contributed by atoms with Crippen LogP contribution in [0.2, 0.25) is 0 Å². The Hall–Kier alpha value is -3.58. The number of para-hydroxylation sites is 2. The van der Waals surface area contributed by atoms with Crippen LogP contribution < -0.4 is 4.90 Å². The van der Waals surface area contributed by atoms with Crippen LogP contribution in [0, 0.1) is 5.92 Å². The fourth-order valence-corrected chi connectivity index (χ4v) is 4.97. The average molecular weight is 472 g/mol. The van der Waals surface area contributed by atoms with E-state index in [0.717, 1.165) is 27.1 Å². The molecule has 1 aromatic heterocycles. The molecule has 1 amide bonds. The second kappa shape index (κ2) is 9.35. The van der Waals surface area contributed by atoms with E-state index in [4.69, 9.17) is 9.72 Å². The third-order valence-corrected chi connectivity index (χ3v) is 6.87. The van der Waals surface area contributed by atoms with Crippen LogP contribution in [0.1, 0.15) is 24.1 Å². The monoisotopic (exact) mass is 471 g/mol. The number of thioether (sulfide) groups is 1. The Morgan fingerprint density at radius 2 is 1.71 bits per heavy atom. The number of hydrogen-bond donors (Lipinski definition) is 0. The molecular weight excluding hydrogens is 446 g/mol. The van der Waals surface area contributed by atoms with Gasteiger partial charge >= 0.3 is 5.97 Å². The van der Waals surface area contributed by atoms with Crippen molar-refractivity contribution in [3.05, 3.63) is 90.0 Å². The minimum absolute atomic E-state index is 0.205. The van der Waals surface area contributed by atoms with E-state index < -0.39 is 17.9 Å². The highest BCUT2D eigenvalue weighted by molar-refractivity contribution is 7.98. The lowest BCUT2D eigenvalue weighted by atomic mass is 9.89. The molecule has 2 atom stereocenters. The minimum atomic E-state index is -1.02. The van der Waals surface area contributed by atoms with E-state index in [1.54, 1.807) is 23.6 Å². The van der Waals surface area contributed by atoms with Crippen LogP contribution in [-0.4, -0.2) is 34.3 Å². The zero-order valence-corrected chi connectivity index (χ0v) is 19.9. The van der Waals surface area contributed by atoms with Crippen molar-refractivity contribution in [3.63, 3.8) is 0 Å². The molecule has 7 heteroatoms. The summed E-state index contributed by atoms with van der Waals surface area (Å²) in [6, 6.07) is 25.0. The van der Waals surface area contributed by atoms with Gasteiger partial charge in [0.2, 0.25) is 11.9 Å². The molecule has 0 spiro atoms. The number of benzene rings is 3. The van der Waals surface area contributed by atoms with Gasteiger partial charge in [0.1, 0.15) is 0 Å². The molecule has 0 saturated carbocycles. The molecule has 1 aliphatic heterocycles. The van der Waals surface area contributed by atoms with Gasteiger partial charge in [0, 0.05) is 4.90 Å². The van der Waals surface area contributed by atoms with Crippen LogP contribution in [0.5, 0.6) is 0 Å². The summed E-state index contributed by atoms with van der Waals surface area (Å²) in [6.45, 7) is 2.28. The van der Waals surface area contributed by atoms with Gasteiger partial charge in [-0.15, -0.1) is 11.8 Å². The molecule has 0 radical (unpaired) electrons. The highest BCUT2D eigenvalue weighted by Gasteiger charge is 2.47. The van der Waals surface area contributed by atoms with Crippen LogP contribution in [-0.2, 0) is 20.9 Å². The maximum atomic E-state index is 14.0. The molecular formula is C27H25N3O3S. The van der Waals surface area contributed by atoms with Gasteiger partial charge in [-0.1, -0.05) is 54.6 Å². The molecule has 5 rings (SSSR count). The number of fused-ring (bicyclic) bond motifs is 3. The summed E-state index contributed by atoms with van der Waals surface area (Å²) in [6.07, 6.45) is 2.02. The molecule has 0 bridgehead atoms. The second-order valence-electron chi connectivity index (χ2n) is 8.13. The minimum Gasteiger partial charge on any atom is -0.465 e. The summed E-state index contributed by atoms with van der Waals surface area (Å²) in [5, 5.41) is 0. The average Bonchev–Trinajstić information content (AvgIpc) is 3.25. The number of anilines is 1. The van der Waals surface area contributed by atoms with Gasteiger partial charge in [0.15, 0.2) is 5.92 Å². The Balaban J connectivity index is 1.73. The third kappa shape index (κ3) is 3.86. The fourth-order valence-electron chi connectivity index (χ4n) is 4.57. The van der Waals surface area contributed by atoms with Crippen molar-refractivity contribution in [2.24, 2.45) is 5.92 Å². The first-order valence-electron chi connectivity index (χ1n) is 11.2. The van der Waals surface area contributed by atoms with Gasteiger partial charge in [-0.2, -0.15) is 0 Å². The summed E-state index contributed by atoms with van der Waals surface area (Å²) in [5.41, 5.74) is 3.47. The van der Waals surface area contributed by atoms with E-state index >= 15 is 0 Å². The fraction of sp³-hybridized carbons (Fsp3) is 0.222. The normalized spacial score (nSPS) is 17.6. The molecule has 0 aliphatic carbocycles. The first kappa shape index (κ1) is 22.2. The Morgan fingerprint density at radius 1 is 1.00 bits per heavy atom. The zero-order chi connectivity index (χ0) is 23.7. The maximum absolute atomic E-state index is 14.0. The van der Waals surface area contributed by atoms with Crippen molar-refractivity contribution < 1.29 is 14.3 Å². The van der Waals surface area contributed by atoms with E-state index in [-0.39, 0.29) is 12.5 Å². The molecule has 1 aliphatic rings. The lowest BCUT2D eigenvalue weighted by Crippen LogP contribution is -2.49. The number of rotatable bonds is 6. The standard InChI is InChI=1S/C27H25N3O3S/c1-3-33-26(32)23-24(19-13-15-20(34-2)16-14-19)30-22-12-8-7-11-21(22)28-27(30)29(25(23)31)17-18-9-5-4-6-10-18/h4-16,23-24H,3,17H2,1-2H3/t23-,24+/m0/s1. The number of esters is 1. The number of amides is 1. The molecule has 172 valence electrons. The Kier molecular flexibility index (Phi) is 6.11. The van der Waals surface area contributed by atoms with E-state index in [1.807, 2.05) is 89.7 Å². The van der Waals surface area contributed by atoms with Crippen molar-refractivity contribution in [1.82, 2.24) is 9.55 Å². The Bertz CT molecular complexity index is 1330. The van der Waals surface area contributed by atoms with Gasteiger partial charge < -0.3 is 9.30 Å². The number of imidazole rings is 1. The van der Waals surface area contributed by atoms with Gasteiger partial charge in [0.05, 0.1) is 30.2 Å². The number of ether oxygens (including phenoxy) is 1. The van der Waals surface area contributed by atoms with E-state index in [0.29, 0.717) is 12.5 Å². The van der Waals surface area contributed by atoms with Crippen molar-refractivity contribution in [3.8, 4) is 0 Å². The summed E-state index contributed by atoms with van der Waals surface area (Å²) in [4.78, 5) is 34.8. The van der Waals surface area contributed by atoms with Crippen LogP contribution in [0.15, 0.2) is 83.8 Å². The summed E-state index contributed by atoms with van der Waals surface area (Å²) < 4.78 is 7.45. The summed E-state index contributed by atoms with van der Waals surface area (Å²) in [5.74, 6) is -1.31. The smallest absolute Gasteiger partial charge is 0.321 e. The lowest BCUT2D eigenvalue weighted by molar-refractivity contribution is -0.153. The predicted octanol–water partition coefficient (Wildman–Crippen LogP) is 5.07. The van der Waals surface area contributed by atoms with Crippen LogP contribution in [0.4, 0.5) is 5.95 Å². The molecule has 0 unspecified atom stereocenters. The van der Waals surface area contributed by atoms with Gasteiger partial charge in [-0.25, -0.2) is 4.98 Å². The molecule has 4 aromatic rings. The second-order valence-corrected chi connectivity index (χ2v) is 9.01.